The molecule has 4 unspecified atom stereocenters. The zero-order chi connectivity index (χ0) is 14.7. The minimum Gasteiger partial charge on any atom is -0.312 e. The molecule has 0 aromatic heterocycles. The lowest BCUT2D eigenvalue weighted by Gasteiger charge is -2.50. The van der Waals surface area contributed by atoms with E-state index in [2.05, 4.69) is 29.0 Å². The number of piperazine rings is 1. The molecule has 0 radical (unpaired) electrons. The van der Waals surface area contributed by atoms with E-state index in [0.29, 0.717) is 0 Å². The predicted molar refractivity (Wildman–Crippen MR) is 89.7 cm³/mol. The molecule has 3 rings (SSSR count). The van der Waals surface area contributed by atoms with Crippen LogP contribution in [0.3, 0.4) is 0 Å². The van der Waals surface area contributed by atoms with Crippen LogP contribution in [0.15, 0.2) is 0 Å². The van der Waals surface area contributed by atoms with Crippen LogP contribution in [0.25, 0.3) is 0 Å². The molecule has 3 nitrogen and oxygen atoms in total. The molecule has 1 aliphatic carbocycles. The number of rotatable bonds is 4. The van der Waals surface area contributed by atoms with E-state index in [9.17, 15) is 0 Å². The summed E-state index contributed by atoms with van der Waals surface area (Å²) in [4.78, 5) is 5.62. The van der Waals surface area contributed by atoms with Crippen molar-refractivity contribution < 1.29 is 0 Å². The monoisotopic (exact) mass is 293 g/mol. The van der Waals surface area contributed by atoms with Crippen molar-refractivity contribution in [1.82, 2.24) is 15.1 Å². The summed E-state index contributed by atoms with van der Waals surface area (Å²) < 4.78 is 0. The maximum absolute atomic E-state index is 3.86. The second-order valence-electron chi connectivity index (χ2n) is 7.73. The average molecular weight is 293 g/mol. The molecule has 0 amide bonds. The van der Waals surface area contributed by atoms with Crippen LogP contribution in [0, 0.1) is 5.92 Å². The van der Waals surface area contributed by atoms with Crippen molar-refractivity contribution in [3.8, 4) is 0 Å². The van der Waals surface area contributed by atoms with Gasteiger partial charge in [0.25, 0.3) is 0 Å². The summed E-state index contributed by atoms with van der Waals surface area (Å²) in [7, 11) is 0. The molecule has 4 atom stereocenters. The van der Waals surface area contributed by atoms with Crippen LogP contribution in [0.2, 0.25) is 0 Å². The van der Waals surface area contributed by atoms with E-state index in [0.717, 1.165) is 24.0 Å². The van der Waals surface area contributed by atoms with Crippen LogP contribution in [0.5, 0.6) is 0 Å². The molecule has 1 saturated carbocycles. The lowest BCUT2D eigenvalue weighted by molar-refractivity contribution is 0.00285. The van der Waals surface area contributed by atoms with Crippen molar-refractivity contribution in [2.24, 2.45) is 5.92 Å². The average Bonchev–Trinajstić information content (AvgIpc) is 2.53. The first kappa shape index (κ1) is 15.8. The minimum absolute atomic E-state index is 0.747. The molecular weight excluding hydrogens is 258 g/mol. The van der Waals surface area contributed by atoms with Gasteiger partial charge in [0.15, 0.2) is 0 Å². The standard InChI is InChI=1S/C18H35N3/c1-3-9-19-17-8-7-15(2)13-18(17)21-12-11-20-10-5-4-6-16(20)14-21/h15-19H,3-14H2,1-2H3. The number of nitrogens with one attached hydrogen (secondary N) is 1. The van der Waals surface area contributed by atoms with Gasteiger partial charge >= 0.3 is 0 Å². The molecule has 3 heteroatoms. The third-order valence-corrected chi connectivity index (χ3v) is 6.07. The highest BCUT2D eigenvalue weighted by molar-refractivity contribution is 4.95. The summed E-state index contributed by atoms with van der Waals surface area (Å²) in [5.74, 6) is 0.916. The van der Waals surface area contributed by atoms with E-state index >= 15 is 0 Å². The van der Waals surface area contributed by atoms with Gasteiger partial charge in [0.1, 0.15) is 0 Å². The van der Waals surface area contributed by atoms with E-state index in [4.69, 9.17) is 0 Å². The van der Waals surface area contributed by atoms with Gasteiger partial charge in [-0.3, -0.25) is 9.80 Å². The van der Waals surface area contributed by atoms with E-state index < -0.39 is 0 Å². The van der Waals surface area contributed by atoms with Crippen molar-refractivity contribution in [3.63, 3.8) is 0 Å². The summed E-state index contributed by atoms with van der Waals surface area (Å²) in [6.45, 7) is 11.3. The van der Waals surface area contributed by atoms with Crippen LogP contribution in [-0.2, 0) is 0 Å². The van der Waals surface area contributed by atoms with Crippen LogP contribution < -0.4 is 5.32 Å². The second-order valence-corrected chi connectivity index (χ2v) is 7.73. The SMILES string of the molecule is CCCNC1CCC(C)CC1N1CCN2CCCCC2C1. The molecule has 0 aromatic carbocycles. The van der Waals surface area contributed by atoms with Crippen molar-refractivity contribution in [1.29, 1.82) is 0 Å². The molecular formula is C18H35N3. The molecule has 21 heavy (non-hydrogen) atoms. The Kier molecular flexibility index (Phi) is 5.58. The summed E-state index contributed by atoms with van der Waals surface area (Å²) in [5, 5.41) is 3.86. The molecule has 122 valence electrons. The van der Waals surface area contributed by atoms with Gasteiger partial charge in [-0.2, -0.15) is 0 Å². The number of fused-ring (bicyclic) bond motifs is 1. The fourth-order valence-electron chi connectivity index (χ4n) is 4.80. The lowest BCUT2D eigenvalue weighted by Crippen LogP contribution is -2.62. The maximum Gasteiger partial charge on any atom is 0.0253 e. The largest absolute Gasteiger partial charge is 0.312 e. The molecule has 3 fully saturated rings. The maximum atomic E-state index is 3.86. The van der Waals surface area contributed by atoms with Crippen molar-refractivity contribution >= 4 is 0 Å². The second kappa shape index (κ2) is 7.43. The zero-order valence-corrected chi connectivity index (χ0v) is 14.2. The summed E-state index contributed by atoms with van der Waals surface area (Å²) in [5.41, 5.74) is 0. The van der Waals surface area contributed by atoms with Gasteiger partial charge in [0.2, 0.25) is 0 Å². The van der Waals surface area contributed by atoms with E-state index in [1.807, 2.05) is 0 Å². The molecule has 2 heterocycles. The van der Waals surface area contributed by atoms with Gasteiger partial charge in [0, 0.05) is 37.8 Å². The van der Waals surface area contributed by atoms with Gasteiger partial charge < -0.3 is 5.32 Å². The highest BCUT2D eigenvalue weighted by Crippen LogP contribution is 2.31. The van der Waals surface area contributed by atoms with Gasteiger partial charge in [-0.25, -0.2) is 0 Å². The summed E-state index contributed by atoms with van der Waals surface area (Å²) in [6.07, 6.45) is 9.79. The quantitative estimate of drug-likeness (QED) is 0.860. The molecule has 1 N–H and O–H groups in total. The minimum atomic E-state index is 0.747. The number of hydrogen-bond acceptors (Lipinski definition) is 3. The Morgan fingerprint density at radius 2 is 1.86 bits per heavy atom. The Labute approximate surface area is 131 Å². The Hall–Kier alpha value is -0.120. The zero-order valence-electron chi connectivity index (χ0n) is 14.2. The first-order chi connectivity index (χ1) is 10.3. The Balaban J connectivity index is 1.61. The van der Waals surface area contributed by atoms with Gasteiger partial charge in [-0.1, -0.05) is 20.3 Å². The first-order valence-electron chi connectivity index (χ1n) is 9.49. The third-order valence-electron chi connectivity index (χ3n) is 6.07. The highest BCUT2D eigenvalue weighted by Gasteiger charge is 2.37. The fourth-order valence-corrected chi connectivity index (χ4v) is 4.80. The normalized spacial score (nSPS) is 39.1. The number of hydrogen-bond donors (Lipinski definition) is 1. The fraction of sp³-hybridized carbons (Fsp3) is 1.00. The smallest absolute Gasteiger partial charge is 0.0253 e. The Morgan fingerprint density at radius 3 is 2.71 bits per heavy atom. The van der Waals surface area contributed by atoms with Crippen molar-refractivity contribution in [2.75, 3.05) is 32.7 Å². The van der Waals surface area contributed by atoms with E-state index in [-0.39, 0.29) is 0 Å². The Bertz CT molecular complexity index is 318. The van der Waals surface area contributed by atoms with E-state index in [1.54, 1.807) is 0 Å². The van der Waals surface area contributed by atoms with Crippen LogP contribution in [-0.4, -0.2) is 60.6 Å². The molecule has 0 spiro atoms. The predicted octanol–water partition coefficient (Wildman–Crippen LogP) is 2.71. The topological polar surface area (TPSA) is 18.5 Å². The van der Waals surface area contributed by atoms with Gasteiger partial charge in [-0.05, 0) is 57.5 Å². The molecule has 2 saturated heterocycles. The number of nitrogens with zero attached hydrogens (tertiary/aromatic N) is 2. The van der Waals surface area contributed by atoms with Crippen LogP contribution in [0.4, 0.5) is 0 Å². The van der Waals surface area contributed by atoms with Gasteiger partial charge in [-0.15, -0.1) is 0 Å². The first-order valence-corrected chi connectivity index (χ1v) is 9.49. The van der Waals surface area contributed by atoms with Crippen molar-refractivity contribution in [2.45, 2.75) is 76.9 Å². The van der Waals surface area contributed by atoms with Gasteiger partial charge in [0.05, 0.1) is 0 Å². The van der Waals surface area contributed by atoms with E-state index in [1.165, 1.54) is 77.7 Å². The summed E-state index contributed by atoms with van der Waals surface area (Å²) in [6, 6.07) is 2.40. The lowest BCUT2D eigenvalue weighted by atomic mass is 9.81. The highest BCUT2D eigenvalue weighted by atomic mass is 15.3. The number of piperidine rings is 1. The summed E-state index contributed by atoms with van der Waals surface area (Å²) >= 11 is 0. The third kappa shape index (κ3) is 3.80. The molecule has 2 aliphatic heterocycles. The van der Waals surface area contributed by atoms with Crippen LogP contribution >= 0.6 is 0 Å². The molecule has 0 bridgehead atoms. The van der Waals surface area contributed by atoms with Crippen LogP contribution in [0.1, 0.15) is 58.8 Å². The Morgan fingerprint density at radius 1 is 1.00 bits per heavy atom. The molecule has 0 aromatic rings. The molecule has 3 aliphatic rings. The van der Waals surface area contributed by atoms with Crippen molar-refractivity contribution in [3.05, 3.63) is 0 Å².